The summed E-state index contributed by atoms with van der Waals surface area (Å²) in [6, 6.07) is 8.55. The minimum atomic E-state index is -1.65. The number of hydrogen-bond donors (Lipinski definition) is 1. The van der Waals surface area contributed by atoms with Gasteiger partial charge in [0.25, 0.3) is 0 Å². The van der Waals surface area contributed by atoms with Crippen LogP contribution in [0.1, 0.15) is 5.89 Å². The molecule has 1 heterocycles. The largest absolute Gasteiger partial charge is 0.338 e. The zero-order chi connectivity index (χ0) is 20.3. The second-order valence-electron chi connectivity index (χ2n) is 5.96. The van der Waals surface area contributed by atoms with Gasteiger partial charge in [-0.1, -0.05) is 16.8 Å². The molecule has 146 valence electrons. The van der Waals surface area contributed by atoms with Gasteiger partial charge in [0, 0.05) is 10.6 Å². The minimum Gasteiger partial charge on any atom is -0.338 e. The summed E-state index contributed by atoms with van der Waals surface area (Å²) in [5.41, 5.74) is 0.272. The Bertz CT molecular complexity index is 995. The lowest BCUT2D eigenvalue weighted by atomic mass is 10.2. The minimum absolute atomic E-state index is 0.147. The summed E-state index contributed by atoms with van der Waals surface area (Å²) in [6.07, 6.45) is 0. The Morgan fingerprint density at radius 1 is 1.14 bits per heavy atom. The molecule has 0 aliphatic carbocycles. The first-order chi connectivity index (χ1) is 13.3. The van der Waals surface area contributed by atoms with Crippen molar-refractivity contribution in [1.82, 2.24) is 15.0 Å². The number of amides is 1. The summed E-state index contributed by atoms with van der Waals surface area (Å²) >= 11 is 5.83. The number of carbonyl (C=O) groups excluding carboxylic acids is 1. The van der Waals surface area contributed by atoms with Crippen LogP contribution in [0.5, 0.6) is 0 Å². The summed E-state index contributed by atoms with van der Waals surface area (Å²) < 4.78 is 44.9. The van der Waals surface area contributed by atoms with E-state index in [4.69, 9.17) is 16.1 Å². The molecular weight excluding hydrogens is 397 g/mol. The van der Waals surface area contributed by atoms with Gasteiger partial charge < -0.3 is 9.84 Å². The third-order valence-corrected chi connectivity index (χ3v) is 3.95. The number of anilines is 1. The van der Waals surface area contributed by atoms with E-state index in [0.29, 0.717) is 16.4 Å². The Hall–Kier alpha value is -2.91. The fraction of sp³-hybridized carbons (Fsp3) is 0.167. The number of hydrogen-bond acceptors (Lipinski definition) is 5. The van der Waals surface area contributed by atoms with Gasteiger partial charge in [-0.15, -0.1) is 0 Å². The molecule has 0 aliphatic heterocycles. The Labute approximate surface area is 162 Å². The first-order valence-electron chi connectivity index (χ1n) is 8.04. The van der Waals surface area contributed by atoms with E-state index in [1.54, 1.807) is 31.3 Å². The highest BCUT2D eigenvalue weighted by Crippen LogP contribution is 2.20. The number of rotatable bonds is 6. The van der Waals surface area contributed by atoms with E-state index in [9.17, 15) is 18.0 Å². The maximum Gasteiger partial charge on any atom is 0.241 e. The summed E-state index contributed by atoms with van der Waals surface area (Å²) in [6.45, 7) is -0.0225. The molecule has 0 saturated heterocycles. The molecule has 6 nitrogen and oxygen atoms in total. The summed E-state index contributed by atoms with van der Waals surface area (Å²) in [5.74, 6) is -4.43. The Morgan fingerprint density at radius 2 is 1.86 bits per heavy atom. The second kappa shape index (κ2) is 8.41. The summed E-state index contributed by atoms with van der Waals surface area (Å²) in [5, 5.41) is 6.63. The highest BCUT2D eigenvalue weighted by atomic mass is 35.5. The van der Waals surface area contributed by atoms with Gasteiger partial charge in [0.05, 0.1) is 18.8 Å². The van der Waals surface area contributed by atoms with E-state index in [0.717, 1.165) is 12.1 Å². The van der Waals surface area contributed by atoms with Gasteiger partial charge in [-0.3, -0.25) is 9.69 Å². The second-order valence-corrected chi connectivity index (χ2v) is 6.40. The van der Waals surface area contributed by atoms with E-state index in [1.807, 2.05) is 0 Å². The molecule has 1 aromatic heterocycles. The fourth-order valence-corrected chi connectivity index (χ4v) is 2.51. The molecule has 0 aliphatic rings. The van der Waals surface area contributed by atoms with Gasteiger partial charge in [-0.2, -0.15) is 4.98 Å². The molecule has 0 radical (unpaired) electrons. The van der Waals surface area contributed by atoms with Crippen molar-refractivity contribution < 1.29 is 22.5 Å². The molecule has 0 atom stereocenters. The van der Waals surface area contributed by atoms with Gasteiger partial charge in [0.2, 0.25) is 17.6 Å². The first kappa shape index (κ1) is 19.8. The zero-order valence-corrected chi connectivity index (χ0v) is 15.3. The quantitative estimate of drug-likeness (QED) is 0.624. The van der Waals surface area contributed by atoms with Gasteiger partial charge >= 0.3 is 0 Å². The van der Waals surface area contributed by atoms with Crippen molar-refractivity contribution in [3.05, 3.63) is 64.8 Å². The topological polar surface area (TPSA) is 71.3 Å². The monoisotopic (exact) mass is 410 g/mol. The van der Waals surface area contributed by atoms with Crippen molar-refractivity contribution in [2.24, 2.45) is 0 Å². The number of aromatic nitrogens is 2. The predicted octanol–water partition coefficient (Wildman–Crippen LogP) is 3.88. The van der Waals surface area contributed by atoms with E-state index >= 15 is 0 Å². The molecule has 1 N–H and O–H groups in total. The van der Waals surface area contributed by atoms with Crippen LogP contribution >= 0.6 is 11.6 Å². The molecule has 0 spiro atoms. The average Bonchev–Trinajstić information content (AvgIpc) is 3.11. The van der Waals surface area contributed by atoms with Crippen LogP contribution in [0.3, 0.4) is 0 Å². The highest BCUT2D eigenvalue weighted by Gasteiger charge is 2.17. The Kier molecular flexibility index (Phi) is 5.96. The Morgan fingerprint density at radius 3 is 2.57 bits per heavy atom. The number of benzene rings is 2. The number of likely N-dealkylation sites (N-methyl/N-ethyl adjacent to an activating group) is 1. The van der Waals surface area contributed by atoms with E-state index in [-0.39, 0.29) is 19.0 Å². The maximum absolute atomic E-state index is 13.6. The van der Waals surface area contributed by atoms with E-state index in [2.05, 4.69) is 15.5 Å². The van der Waals surface area contributed by atoms with E-state index in [1.165, 1.54) is 4.90 Å². The fourth-order valence-electron chi connectivity index (χ4n) is 2.38. The number of nitrogens with one attached hydrogen (secondary N) is 1. The van der Waals surface area contributed by atoms with Crippen LogP contribution in [0.2, 0.25) is 5.02 Å². The molecule has 0 fully saturated rings. The molecule has 0 unspecified atom stereocenters. The van der Waals surface area contributed by atoms with Crippen molar-refractivity contribution in [2.75, 3.05) is 18.9 Å². The van der Waals surface area contributed by atoms with E-state index < -0.39 is 29.0 Å². The average molecular weight is 411 g/mol. The SMILES string of the molecule is CN(CC(=O)Nc1ccc(F)c(F)c1F)Cc1nc(-c2ccc(Cl)cc2)no1. The summed E-state index contributed by atoms with van der Waals surface area (Å²) in [4.78, 5) is 17.8. The maximum atomic E-state index is 13.6. The third-order valence-electron chi connectivity index (χ3n) is 3.70. The molecule has 10 heteroatoms. The number of nitrogens with zero attached hydrogens (tertiary/aromatic N) is 3. The van der Waals surface area contributed by atoms with Crippen molar-refractivity contribution in [3.8, 4) is 11.4 Å². The van der Waals surface area contributed by atoms with Crippen LogP contribution in [-0.4, -0.2) is 34.5 Å². The molecule has 0 bridgehead atoms. The zero-order valence-electron chi connectivity index (χ0n) is 14.5. The molecular formula is C18H14ClF3N4O2. The van der Waals surface area contributed by atoms with Gasteiger partial charge in [-0.05, 0) is 43.4 Å². The number of carbonyl (C=O) groups is 1. The molecule has 28 heavy (non-hydrogen) atoms. The van der Waals surface area contributed by atoms with Gasteiger partial charge in [-0.25, -0.2) is 13.2 Å². The highest BCUT2D eigenvalue weighted by molar-refractivity contribution is 6.30. The molecule has 2 aromatic carbocycles. The van der Waals surface area contributed by atoms with Crippen molar-refractivity contribution in [3.63, 3.8) is 0 Å². The summed E-state index contributed by atoms with van der Waals surface area (Å²) in [7, 11) is 1.60. The molecule has 3 rings (SSSR count). The number of halogens is 4. The molecule has 1 amide bonds. The van der Waals surface area contributed by atoms with Gasteiger partial charge in [0.1, 0.15) is 0 Å². The lowest BCUT2D eigenvalue weighted by molar-refractivity contribution is -0.117. The van der Waals surface area contributed by atoms with Crippen LogP contribution in [-0.2, 0) is 11.3 Å². The van der Waals surface area contributed by atoms with Gasteiger partial charge in [0.15, 0.2) is 17.5 Å². The standard InChI is InChI=1S/C18H14ClF3N4O2/c1-26(8-14(27)23-13-7-6-12(20)16(21)17(13)22)9-15-24-18(25-28-15)10-2-4-11(19)5-3-10/h2-7H,8-9H2,1H3,(H,23,27). The molecule has 0 saturated carbocycles. The van der Waals surface area contributed by atoms with Crippen molar-refractivity contribution in [2.45, 2.75) is 6.54 Å². The van der Waals surface area contributed by atoms with Crippen LogP contribution < -0.4 is 5.32 Å². The Balaban J connectivity index is 1.58. The normalized spacial score (nSPS) is 11.1. The molecule has 3 aromatic rings. The van der Waals surface area contributed by atoms with Crippen LogP contribution in [0, 0.1) is 17.5 Å². The lowest BCUT2D eigenvalue weighted by Gasteiger charge is -2.14. The van der Waals surface area contributed by atoms with Crippen LogP contribution in [0.25, 0.3) is 11.4 Å². The predicted molar refractivity (Wildman–Crippen MR) is 96.0 cm³/mol. The van der Waals surface area contributed by atoms with Crippen LogP contribution in [0.4, 0.5) is 18.9 Å². The smallest absolute Gasteiger partial charge is 0.241 e. The van der Waals surface area contributed by atoms with Crippen LogP contribution in [0.15, 0.2) is 40.9 Å². The first-order valence-corrected chi connectivity index (χ1v) is 8.41. The lowest BCUT2D eigenvalue weighted by Crippen LogP contribution is -2.30. The van der Waals surface area contributed by atoms with Crippen molar-refractivity contribution in [1.29, 1.82) is 0 Å². The van der Waals surface area contributed by atoms with Crippen molar-refractivity contribution >= 4 is 23.2 Å². The third kappa shape index (κ3) is 4.68.